The van der Waals surface area contributed by atoms with Gasteiger partial charge in [-0.05, 0) is 0 Å². The molecule has 0 aromatic heterocycles. The van der Waals surface area contributed by atoms with E-state index in [4.69, 9.17) is 28.9 Å². The monoisotopic (exact) mass is 141 g/mol. The third kappa shape index (κ3) is 2.53. The number of hydrogen-bond acceptors (Lipinski definition) is 2. The van der Waals surface area contributed by atoms with Crippen LogP contribution in [0.15, 0.2) is 5.10 Å². The van der Waals surface area contributed by atoms with Crippen molar-refractivity contribution in [2.75, 3.05) is 0 Å². The smallest absolute Gasteiger partial charge is 0.166 e. The van der Waals surface area contributed by atoms with Crippen LogP contribution in [0.1, 0.15) is 0 Å². The van der Waals surface area contributed by atoms with Gasteiger partial charge in [-0.1, -0.05) is 23.2 Å². The van der Waals surface area contributed by atoms with Gasteiger partial charge in [0.15, 0.2) is 10.7 Å². The number of halogens is 2. The van der Waals surface area contributed by atoms with Crippen LogP contribution < -0.4 is 11.6 Å². The molecule has 0 heterocycles. The number of hydrogen-bond donors (Lipinski definition) is 2. The molecule has 0 aliphatic rings. The lowest BCUT2D eigenvalue weighted by Crippen LogP contribution is -2.21. The number of alkyl halides is 2. The zero-order chi connectivity index (χ0) is 5.86. The van der Waals surface area contributed by atoms with Crippen LogP contribution in [0.3, 0.4) is 0 Å². The standard InChI is InChI=1S/C2H5Cl2N3/c3-1(4)2(5)7-6/h1H,6H2,(H2,5,7). The number of nitrogens with two attached hydrogens (primary N) is 2. The summed E-state index contributed by atoms with van der Waals surface area (Å²) in [6.07, 6.45) is 0. The molecule has 3 nitrogen and oxygen atoms in total. The van der Waals surface area contributed by atoms with Crippen LogP contribution in [0.2, 0.25) is 0 Å². The van der Waals surface area contributed by atoms with E-state index < -0.39 is 4.84 Å². The third-order valence-electron chi connectivity index (χ3n) is 0.373. The zero-order valence-electron chi connectivity index (χ0n) is 3.44. The van der Waals surface area contributed by atoms with Crippen molar-refractivity contribution < 1.29 is 0 Å². The number of rotatable bonds is 1. The van der Waals surface area contributed by atoms with Crippen LogP contribution in [-0.2, 0) is 0 Å². The highest BCUT2D eigenvalue weighted by atomic mass is 35.5. The average molecular weight is 142 g/mol. The van der Waals surface area contributed by atoms with Crippen molar-refractivity contribution in [1.29, 1.82) is 0 Å². The average Bonchev–Trinajstić information content (AvgIpc) is 1.65. The first-order chi connectivity index (χ1) is 3.18. The van der Waals surface area contributed by atoms with Gasteiger partial charge in [0.25, 0.3) is 0 Å². The minimum atomic E-state index is -0.787. The van der Waals surface area contributed by atoms with Gasteiger partial charge in [0.2, 0.25) is 0 Å². The summed E-state index contributed by atoms with van der Waals surface area (Å²) in [5.41, 5.74) is 4.98. The Morgan fingerprint density at radius 3 is 2.00 bits per heavy atom. The van der Waals surface area contributed by atoms with Crippen molar-refractivity contribution in [3.8, 4) is 0 Å². The summed E-state index contributed by atoms with van der Waals surface area (Å²) in [6.45, 7) is 0. The van der Waals surface area contributed by atoms with E-state index >= 15 is 0 Å². The Morgan fingerprint density at radius 2 is 2.00 bits per heavy atom. The first kappa shape index (κ1) is 6.85. The molecule has 5 heteroatoms. The van der Waals surface area contributed by atoms with Gasteiger partial charge in [-0.2, -0.15) is 5.10 Å². The minimum absolute atomic E-state index is 0.0309. The van der Waals surface area contributed by atoms with E-state index in [0.29, 0.717) is 0 Å². The molecule has 0 saturated carbocycles. The molecule has 4 N–H and O–H groups in total. The van der Waals surface area contributed by atoms with Crippen molar-refractivity contribution in [3.63, 3.8) is 0 Å². The van der Waals surface area contributed by atoms with Gasteiger partial charge in [0.05, 0.1) is 0 Å². The van der Waals surface area contributed by atoms with Crippen LogP contribution in [0.5, 0.6) is 0 Å². The molecule has 0 radical (unpaired) electrons. The van der Waals surface area contributed by atoms with E-state index in [2.05, 4.69) is 10.9 Å². The molecular formula is C2H5Cl2N3. The first-order valence-corrected chi connectivity index (χ1v) is 2.37. The Morgan fingerprint density at radius 1 is 1.57 bits per heavy atom. The predicted molar refractivity (Wildman–Crippen MR) is 31.3 cm³/mol. The maximum atomic E-state index is 5.16. The second-order valence-electron chi connectivity index (χ2n) is 0.855. The summed E-state index contributed by atoms with van der Waals surface area (Å²) in [6, 6.07) is 0. The largest absolute Gasteiger partial charge is 0.383 e. The Labute approximate surface area is 51.3 Å². The van der Waals surface area contributed by atoms with Crippen LogP contribution in [0, 0.1) is 0 Å². The van der Waals surface area contributed by atoms with Crippen molar-refractivity contribution in [1.82, 2.24) is 0 Å². The molecule has 0 spiro atoms. The molecule has 42 valence electrons. The topological polar surface area (TPSA) is 64.4 Å². The number of nitrogens with zero attached hydrogens (tertiary/aromatic N) is 1. The second kappa shape index (κ2) is 2.93. The fourth-order valence-corrected chi connectivity index (χ4v) is 0.169. The fourth-order valence-electron chi connectivity index (χ4n) is 0.0563. The van der Waals surface area contributed by atoms with Gasteiger partial charge >= 0.3 is 0 Å². The summed E-state index contributed by atoms with van der Waals surface area (Å²) in [7, 11) is 0. The molecule has 0 amide bonds. The van der Waals surface area contributed by atoms with Crippen LogP contribution in [-0.4, -0.2) is 10.7 Å². The van der Waals surface area contributed by atoms with Crippen LogP contribution >= 0.6 is 23.2 Å². The number of amidine groups is 1. The van der Waals surface area contributed by atoms with E-state index in [0.717, 1.165) is 0 Å². The molecule has 0 aliphatic carbocycles. The molecule has 0 aliphatic heterocycles. The molecule has 0 saturated heterocycles. The maximum Gasteiger partial charge on any atom is 0.166 e. The van der Waals surface area contributed by atoms with E-state index in [-0.39, 0.29) is 5.84 Å². The SMILES string of the molecule is NN=C(N)C(Cl)Cl. The summed E-state index contributed by atoms with van der Waals surface area (Å²) < 4.78 is 0. The Hall–Kier alpha value is -0.150. The van der Waals surface area contributed by atoms with Crippen molar-refractivity contribution in [2.24, 2.45) is 16.7 Å². The molecule has 0 aromatic carbocycles. The van der Waals surface area contributed by atoms with Crippen molar-refractivity contribution >= 4 is 29.0 Å². The summed E-state index contributed by atoms with van der Waals surface area (Å²) in [5, 5.41) is 3.02. The van der Waals surface area contributed by atoms with E-state index in [9.17, 15) is 0 Å². The molecule has 0 rings (SSSR count). The van der Waals surface area contributed by atoms with Crippen LogP contribution in [0.25, 0.3) is 0 Å². The van der Waals surface area contributed by atoms with Crippen LogP contribution in [0.4, 0.5) is 0 Å². The van der Waals surface area contributed by atoms with Gasteiger partial charge in [0.1, 0.15) is 0 Å². The molecule has 0 atom stereocenters. The zero-order valence-corrected chi connectivity index (χ0v) is 4.95. The normalized spacial score (nSPS) is 12.7. The predicted octanol–water partition coefficient (Wildman–Crippen LogP) is 0.0210. The van der Waals surface area contributed by atoms with Gasteiger partial charge < -0.3 is 11.6 Å². The summed E-state index contributed by atoms with van der Waals surface area (Å²) in [5.74, 6) is 4.70. The van der Waals surface area contributed by atoms with Crippen molar-refractivity contribution in [3.05, 3.63) is 0 Å². The molecule has 0 unspecified atom stereocenters. The highest BCUT2D eigenvalue weighted by molar-refractivity contribution is 6.53. The first-order valence-electron chi connectivity index (χ1n) is 1.50. The van der Waals surface area contributed by atoms with Crippen molar-refractivity contribution in [2.45, 2.75) is 4.84 Å². The molecule has 7 heavy (non-hydrogen) atoms. The third-order valence-corrected chi connectivity index (χ3v) is 0.820. The quantitative estimate of drug-likeness (QED) is 0.178. The fraction of sp³-hybridized carbons (Fsp3) is 0.500. The molecular weight excluding hydrogens is 137 g/mol. The minimum Gasteiger partial charge on any atom is -0.383 e. The lowest BCUT2D eigenvalue weighted by Gasteiger charge is -1.93. The number of hydrazone groups is 1. The highest BCUT2D eigenvalue weighted by Gasteiger charge is 2.00. The van der Waals surface area contributed by atoms with E-state index in [1.165, 1.54) is 0 Å². The highest BCUT2D eigenvalue weighted by Crippen LogP contribution is 1.98. The summed E-state index contributed by atoms with van der Waals surface area (Å²) in [4.78, 5) is -0.787. The van der Waals surface area contributed by atoms with Gasteiger partial charge in [-0.15, -0.1) is 0 Å². The molecule has 0 aromatic rings. The molecule has 0 fully saturated rings. The van der Waals surface area contributed by atoms with Gasteiger partial charge in [0, 0.05) is 0 Å². The maximum absolute atomic E-state index is 5.16. The van der Waals surface area contributed by atoms with E-state index in [1.54, 1.807) is 0 Å². The second-order valence-corrected chi connectivity index (χ2v) is 1.95. The Balaban J connectivity index is 3.56. The van der Waals surface area contributed by atoms with Gasteiger partial charge in [-0.25, -0.2) is 0 Å². The summed E-state index contributed by atoms with van der Waals surface area (Å²) >= 11 is 10.3. The molecule has 0 bridgehead atoms. The lowest BCUT2D eigenvalue weighted by atomic mass is 10.7. The Kier molecular flexibility index (Phi) is 2.87. The van der Waals surface area contributed by atoms with E-state index in [1.807, 2.05) is 0 Å². The Bertz CT molecular complexity index is 79.0. The lowest BCUT2D eigenvalue weighted by molar-refractivity contribution is 1.21. The van der Waals surface area contributed by atoms with Gasteiger partial charge in [-0.3, -0.25) is 0 Å².